The summed E-state index contributed by atoms with van der Waals surface area (Å²) >= 11 is 0. The summed E-state index contributed by atoms with van der Waals surface area (Å²) in [5.74, 6) is 0. The van der Waals surface area contributed by atoms with Crippen LogP contribution in [0.25, 0.3) is 10.8 Å². The third-order valence-electron chi connectivity index (χ3n) is 4.49. The average molecular weight is 299 g/mol. The smallest absolute Gasteiger partial charge is 0.0724 e. The van der Waals surface area contributed by atoms with Crippen LogP contribution in [0.2, 0.25) is 0 Å². The number of methoxy groups -OCH3 is 1. The SMILES string of the molecule is COCC[C@H]1CN(Cc2cccc3c(C)cccc23)CCO1. The summed E-state index contributed by atoms with van der Waals surface area (Å²) < 4.78 is 11.0. The number of morpholine rings is 1. The van der Waals surface area contributed by atoms with Gasteiger partial charge in [0.25, 0.3) is 0 Å². The van der Waals surface area contributed by atoms with E-state index in [-0.39, 0.29) is 0 Å². The molecule has 1 atom stereocenters. The van der Waals surface area contributed by atoms with E-state index in [1.54, 1.807) is 7.11 Å². The van der Waals surface area contributed by atoms with E-state index in [1.165, 1.54) is 21.9 Å². The Kier molecular flexibility index (Phi) is 5.08. The quantitative estimate of drug-likeness (QED) is 0.845. The van der Waals surface area contributed by atoms with Crippen LogP contribution in [0, 0.1) is 6.92 Å². The van der Waals surface area contributed by atoms with Gasteiger partial charge in [-0.25, -0.2) is 0 Å². The molecule has 1 saturated heterocycles. The molecule has 0 spiro atoms. The van der Waals surface area contributed by atoms with Crippen molar-refractivity contribution in [1.29, 1.82) is 0 Å². The molecule has 0 unspecified atom stereocenters. The Morgan fingerprint density at radius 1 is 1.18 bits per heavy atom. The summed E-state index contributed by atoms with van der Waals surface area (Å²) in [7, 11) is 1.75. The Balaban J connectivity index is 1.74. The topological polar surface area (TPSA) is 21.7 Å². The van der Waals surface area contributed by atoms with E-state index in [0.29, 0.717) is 6.10 Å². The zero-order chi connectivity index (χ0) is 15.4. The first-order valence-electron chi connectivity index (χ1n) is 8.08. The van der Waals surface area contributed by atoms with Gasteiger partial charge in [-0.05, 0) is 35.2 Å². The van der Waals surface area contributed by atoms with Gasteiger partial charge < -0.3 is 9.47 Å². The van der Waals surface area contributed by atoms with Crippen LogP contribution in [0.3, 0.4) is 0 Å². The van der Waals surface area contributed by atoms with Crippen molar-refractivity contribution in [3.63, 3.8) is 0 Å². The van der Waals surface area contributed by atoms with Gasteiger partial charge in [-0.1, -0.05) is 36.4 Å². The van der Waals surface area contributed by atoms with E-state index < -0.39 is 0 Å². The van der Waals surface area contributed by atoms with Crippen molar-refractivity contribution in [3.05, 3.63) is 47.5 Å². The van der Waals surface area contributed by atoms with Gasteiger partial charge >= 0.3 is 0 Å². The minimum Gasteiger partial charge on any atom is -0.385 e. The van der Waals surface area contributed by atoms with Crippen LogP contribution in [0.5, 0.6) is 0 Å². The van der Waals surface area contributed by atoms with Crippen molar-refractivity contribution in [3.8, 4) is 0 Å². The number of rotatable bonds is 5. The fraction of sp³-hybridized carbons (Fsp3) is 0.474. The number of hydrogen-bond acceptors (Lipinski definition) is 3. The first-order valence-corrected chi connectivity index (χ1v) is 8.08. The van der Waals surface area contributed by atoms with Crippen LogP contribution in [0.15, 0.2) is 36.4 Å². The molecule has 0 amide bonds. The zero-order valence-corrected chi connectivity index (χ0v) is 13.5. The fourth-order valence-electron chi connectivity index (χ4n) is 3.26. The Labute approximate surface area is 132 Å². The van der Waals surface area contributed by atoms with E-state index in [9.17, 15) is 0 Å². The predicted octanol–water partition coefficient (Wildman–Crippen LogP) is 3.39. The highest BCUT2D eigenvalue weighted by Crippen LogP contribution is 2.24. The summed E-state index contributed by atoms with van der Waals surface area (Å²) in [6, 6.07) is 13.2. The molecule has 0 saturated carbocycles. The molecule has 2 aromatic carbocycles. The summed E-state index contributed by atoms with van der Waals surface area (Å²) in [4.78, 5) is 2.50. The summed E-state index contributed by atoms with van der Waals surface area (Å²) in [5, 5.41) is 2.74. The molecule has 3 rings (SSSR count). The molecule has 1 heterocycles. The van der Waals surface area contributed by atoms with E-state index in [4.69, 9.17) is 9.47 Å². The standard InChI is InChI=1S/C19H25NO2/c1-15-5-3-8-19-16(6-4-7-18(15)19)13-20-10-12-22-17(14-20)9-11-21-2/h3-8,17H,9-14H2,1-2H3/t17-/m0/s1. The lowest BCUT2D eigenvalue weighted by molar-refractivity contribution is -0.0431. The average Bonchev–Trinajstić information content (AvgIpc) is 2.54. The highest BCUT2D eigenvalue weighted by Gasteiger charge is 2.20. The van der Waals surface area contributed by atoms with Gasteiger partial charge in [0.15, 0.2) is 0 Å². The molecule has 1 aliphatic rings. The van der Waals surface area contributed by atoms with Gasteiger partial charge in [-0.2, -0.15) is 0 Å². The molecule has 0 N–H and O–H groups in total. The summed E-state index contributed by atoms with van der Waals surface area (Å²) in [6.07, 6.45) is 1.27. The molecule has 3 heteroatoms. The molecular weight excluding hydrogens is 274 g/mol. The van der Waals surface area contributed by atoms with Gasteiger partial charge in [0, 0.05) is 33.4 Å². The number of hydrogen-bond donors (Lipinski definition) is 0. The molecule has 3 nitrogen and oxygen atoms in total. The van der Waals surface area contributed by atoms with Crippen LogP contribution >= 0.6 is 0 Å². The highest BCUT2D eigenvalue weighted by molar-refractivity contribution is 5.88. The van der Waals surface area contributed by atoms with E-state index in [1.807, 2.05) is 0 Å². The number of benzene rings is 2. The van der Waals surface area contributed by atoms with Crippen molar-refractivity contribution in [1.82, 2.24) is 4.90 Å². The Bertz CT molecular complexity index is 626. The largest absolute Gasteiger partial charge is 0.385 e. The first-order chi connectivity index (χ1) is 10.8. The third-order valence-corrected chi connectivity index (χ3v) is 4.49. The van der Waals surface area contributed by atoms with Gasteiger partial charge in [-0.3, -0.25) is 4.90 Å². The number of ether oxygens (including phenoxy) is 2. The number of nitrogens with zero attached hydrogens (tertiary/aromatic N) is 1. The second-order valence-corrected chi connectivity index (χ2v) is 6.10. The number of fused-ring (bicyclic) bond motifs is 1. The number of aryl methyl sites for hydroxylation is 1. The Hall–Kier alpha value is -1.42. The zero-order valence-electron chi connectivity index (χ0n) is 13.5. The molecule has 2 aromatic rings. The van der Waals surface area contributed by atoms with Crippen LogP contribution in [0.1, 0.15) is 17.5 Å². The van der Waals surface area contributed by atoms with Crippen LogP contribution in [-0.4, -0.2) is 44.4 Å². The molecule has 0 aliphatic carbocycles. The van der Waals surface area contributed by atoms with Gasteiger partial charge in [-0.15, -0.1) is 0 Å². The lowest BCUT2D eigenvalue weighted by atomic mass is 10.0. The van der Waals surface area contributed by atoms with Crippen LogP contribution in [0.4, 0.5) is 0 Å². The monoisotopic (exact) mass is 299 g/mol. The molecule has 0 bridgehead atoms. The van der Waals surface area contributed by atoms with E-state index in [2.05, 4.69) is 48.2 Å². The van der Waals surface area contributed by atoms with Crippen molar-refractivity contribution in [2.75, 3.05) is 33.4 Å². The molecule has 1 fully saturated rings. The van der Waals surface area contributed by atoms with Crippen molar-refractivity contribution in [2.24, 2.45) is 0 Å². The third kappa shape index (κ3) is 3.49. The van der Waals surface area contributed by atoms with Crippen LogP contribution in [-0.2, 0) is 16.0 Å². The molecule has 1 aliphatic heterocycles. The van der Waals surface area contributed by atoms with Crippen LogP contribution < -0.4 is 0 Å². The molecular formula is C19H25NO2. The Morgan fingerprint density at radius 2 is 2.00 bits per heavy atom. The van der Waals surface area contributed by atoms with Crippen molar-refractivity contribution >= 4 is 10.8 Å². The van der Waals surface area contributed by atoms with E-state index >= 15 is 0 Å². The summed E-state index contributed by atoms with van der Waals surface area (Å²) in [6.45, 7) is 6.76. The fourth-order valence-corrected chi connectivity index (χ4v) is 3.26. The minimum atomic E-state index is 0.297. The van der Waals surface area contributed by atoms with Crippen molar-refractivity contribution in [2.45, 2.75) is 26.0 Å². The molecule has 0 radical (unpaired) electrons. The van der Waals surface area contributed by atoms with Gasteiger partial charge in [0.05, 0.1) is 12.7 Å². The van der Waals surface area contributed by atoms with Crippen molar-refractivity contribution < 1.29 is 9.47 Å². The lowest BCUT2D eigenvalue weighted by Crippen LogP contribution is -2.42. The minimum absolute atomic E-state index is 0.297. The second-order valence-electron chi connectivity index (χ2n) is 6.10. The second kappa shape index (κ2) is 7.23. The highest BCUT2D eigenvalue weighted by atomic mass is 16.5. The maximum atomic E-state index is 5.83. The Morgan fingerprint density at radius 3 is 2.86 bits per heavy atom. The predicted molar refractivity (Wildman–Crippen MR) is 90.2 cm³/mol. The first kappa shape index (κ1) is 15.5. The maximum absolute atomic E-state index is 5.83. The van der Waals surface area contributed by atoms with Gasteiger partial charge in [0.2, 0.25) is 0 Å². The van der Waals surface area contributed by atoms with E-state index in [0.717, 1.165) is 39.3 Å². The van der Waals surface area contributed by atoms with Gasteiger partial charge in [0.1, 0.15) is 0 Å². The molecule has 22 heavy (non-hydrogen) atoms. The maximum Gasteiger partial charge on any atom is 0.0724 e. The normalized spacial score (nSPS) is 19.6. The summed E-state index contributed by atoms with van der Waals surface area (Å²) in [5.41, 5.74) is 2.76. The lowest BCUT2D eigenvalue weighted by Gasteiger charge is -2.33. The molecule has 118 valence electrons. The molecule has 0 aromatic heterocycles.